The highest BCUT2D eigenvalue weighted by Crippen LogP contribution is 2.21. The maximum Gasteiger partial charge on any atom is 0.336 e. The number of carbonyl (C=O) groups excluding carboxylic acids is 2. The van der Waals surface area contributed by atoms with Crippen molar-refractivity contribution in [3.8, 4) is 11.1 Å². The summed E-state index contributed by atoms with van der Waals surface area (Å²) in [6.45, 7) is 0.749. The number of aliphatic hydroxyl groups is 1. The SMILES string of the molecule is CC(O)(CN(Cc1ccc(-c2cccc(F)c2)cc1)NC(=O)C1CC(=O)NO1)C(=O)O. The van der Waals surface area contributed by atoms with Gasteiger partial charge in [-0.3, -0.25) is 19.9 Å². The van der Waals surface area contributed by atoms with Crippen molar-refractivity contribution in [2.45, 2.75) is 31.6 Å². The van der Waals surface area contributed by atoms with Crippen LogP contribution in [0.25, 0.3) is 11.1 Å². The Kier molecular flexibility index (Phi) is 6.64. The minimum atomic E-state index is -2.14. The third kappa shape index (κ3) is 5.85. The minimum absolute atomic E-state index is 0.0622. The summed E-state index contributed by atoms with van der Waals surface area (Å²) in [6.07, 6.45) is -1.24. The van der Waals surface area contributed by atoms with E-state index in [1.807, 2.05) is 0 Å². The molecule has 2 unspecified atom stereocenters. The minimum Gasteiger partial charge on any atom is -0.479 e. The molecule has 3 rings (SSSR count). The molecular formula is C21H22FN3O6. The van der Waals surface area contributed by atoms with Crippen LogP contribution in [-0.2, 0) is 25.8 Å². The molecule has 2 amide bonds. The second-order valence-corrected chi connectivity index (χ2v) is 7.45. The maximum atomic E-state index is 13.4. The van der Waals surface area contributed by atoms with E-state index in [9.17, 15) is 29.0 Å². The zero-order chi connectivity index (χ0) is 22.6. The summed E-state index contributed by atoms with van der Waals surface area (Å²) < 4.78 is 13.4. The second-order valence-electron chi connectivity index (χ2n) is 7.45. The molecule has 2 atom stereocenters. The second kappa shape index (κ2) is 9.21. The number of carbonyl (C=O) groups is 3. The van der Waals surface area contributed by atoms with Crippen molar-refractivity contribution in [1.29, 1.82) is 0 Å². The third-order valence-corrected chi connectivity index (χ3v) is 4.69. The summed E-state index contributed by atoms with van der Waals surface area (Å²) in [6, 6.07) is 13.1. The van der Waals surface area contributed by atoms with Gasteiger partial charge in [0.05, 0.1) is 13.0 Å². The standard InChI is InChI=1S/C21H22FN3O6/c1-21(30,20(28)29)12-25(23-19(27)17-10-18(26)24-31-17)11-13-5-7-14(8-6-13)15-3-2-4-16(22)9-15/h2-9,17,30H,10-12H2,1H3,(H,23,27)(H,24,26)(H,28,29). The molecule has 0 spiro atoms. The van der Waals surface area contributed by atoms with Crippen LogP contribution < -0.4 is 10.9 Å². The number of carboxylic acids is 1. The highest BCUT2D eigenvalue weighted by atomic mass is 19.1. The molecule has 10 heteroatoms. The van der Waals surface area contributed by atoms with Crippen LogP contribution in [0.4, 0.5) is 4.39 Å². The zero-order valence-corrected chi connectivity index (χ0v) is 16.7. The molecule has 0 bridgehead atoms. The van der Waals surface area contributed by atoms with Crippen LogP contribution >= 0.6 is 0 Å². The quantitative estimate of drug-likeness (QED) is 0.459. The van der Waals surface area contributed by atoms with Gasteiger partial charge < -0.3 is 10.2 Å². The predicted octanol–water partition coefficient (Wildman–Crippen LogP) is 0.982. The predicted molar refractivity (Wildman–Crippen MR) is 106 cm³/mol. The fourth-order valence-electron chi connectivity index (χ4n) is 3.03. The Labute approximate surface area is 177 Å². The van der Waals surface area contributed by atoms with E-state index in [0.717, 1.165) is 12.5 Å². The molecule has 1 aliphatic heterocycles. The van der Waals surface area contributed by atoms with Crippen molar-refractivity contribution in [3.05, 3.63) is 59.9 Å². The van der Waals surface area contributed by atoms with Gasteiger partial charge in [-0.05, 0) is 35.7 Å². The number of benzene rings is 2. The van der Waals surface area contributed by atoms with Gasteiger partial charge >= 0.3 is 5.97 Å². The molecule has 2 aromatic carbocycles. The molecule has 0 radical (unpaired) electrons. The number of rotatable bonds is 8. The largest absolute Gasteiger partial charge is 0.479 e. The van der Waals surface area contributed by atoms with E-state index < -0.39 is 36.0 Å². The van der Waals surface area contributed by atoms with Crippen LogP contribution in [0.5, 0.6) is 0 Å². The summed E-state index contributed by atoms with van der Waals surface area (Å²) in [4.78, 5) is 39.8. The lowest BCUT2D eigenvalue weighted by Crippen LogP contribution is -2.54. The Morgan fingerprint density at radius 3 is 2.55 bits per heavy atom. The van der Waals surface area contributed by atoms with Crippen molar-refractivity contribution in [1.82, 2.24) is 15.9 Å². The molecule has 1 saturated heterocycles. The molecule has 31 heavy (non-hydrogen) atoms. The first-order valence-electron chi connectivity index (χ1n) is 9.44. The average Bonchev–Trinajstić information content (AvgIpc) is 3.14. The number of carboxylic acid groups (broad SMARTS) is 1. The summed E-state index contributed by atoms with van der Waals surface area (Å²) in [7, 11) is 0. The number of hydroxylamine groups is 1. The van der Waals surface area contributed by atoms with Gasteiger partial charge in [0.1, 0.15) is 5.82 Å². The lowest BCUT2D eigenvalue weighted by molar-refractivity contribution is -0.161. The monoisotopic (exact) mass is 431 g/mol. The average molecular weight is 431 g/mol. The van der Waals surface area contributed by atoms with Crippen LogP contribution in [0.3, 0.4) is 0 Å². The number of hydrazine groups is 1. The first kappa shape index (κ1) is 22.3. The highest BCUT2D eigenvalue weighted by Gasteiger charge is 2.35. The third-order valence-electron chi connectivity index (χ3n) is 4.69. The van der Waals surface area contributed by atoms with Gasteiger partial charge in [0.2, 0.25) is 5.91 Å². The fourth-order valence-corrected chi connectivity index (χ4v) is 3.03. The lowest BCUT2D eigenvalue weighted by atomic mass is 10.0. The van der Waals surface area contributed by atoms with E-state index in [1.165, 1.54) is 17.1 Å². The Hall–Kier alpha value is -3.34. The number of amides is 2. The van der Waals surface area contributed by atoms with Crippen LogP contribution in [0.1, 0.15) is 18.9 Å². The maximum absolute atomic E-state index is 13.4. The van der Waals surface area contributed by atoms with Gasteiger partial charge in [0.25, 0.3) is 5.91 Å². The smallest absolute Gasteiger partial charge is 0.336 e. The van der Waals surface area contributed by atoms with Crippen molar-refractivity contribution >= 4 is 17.8 Å². The molecule has 4 N–H and O–H groups in total. The van der Waals surface area contributed by atoms with Gasteiger partial charge in [-0.25, -0.2) is 19.7 Å². The molecule has 9 nitrogen and oxygen atoms in total. The van der Waals surface area contributed by atoms with Gasteiger partial charge in [0.15, 0.2) is 11.7 Å². The van der Waals surface area contributed by atoms with E-state index in [1.54, 1.807) is 36.4 Å². The van der Waals surface area contributed by atoms with Gasteiger partial charge in [0, 0.05) is 6.54 Å². The van der Waals surface area contributed by atoms with Gasteiger partial charge in [-0.2, -0.15) is 0 Å². The van der Waals surface area contributed by atoms with Gasteiger partial charge in [-0.1, -0.05) is 36.4 Å². The number of hydrogen-bond acceptors (Lipinski definition) is 6. The molecular weight excluding hydrogens is 409 g/mol. The van der Waals surface area contributed by atoms with Crippen molar-refractivity contribution in [2.75, 3.05) is 6.54 Å². The number of nitrogens with one attached hydrogen (secondary N) is 2. The molecule has 1 aliphatic rings. The van der Waals surface area contributed by atoms with Crippen LogP contribution in [0, 0.1) is 5.82 Å². The Morgan fingerprint density at radius 1 is 1.26 bits per heavy atom. The molecule has 0 aromatic heterocycles. The molecule has 0 aliphatic carbocycles. The van der Waals surface area contributed by atoms with E-state index in [-0.39, 0.29) is 18.8 Å². The summed E-state index contributed by atoms with van der Waals surface area (Å²) >= 11 is 0. The number of nitrogens with zero attached hydrogens (tertiary/aromatic N) is 1. The molecule has 164 valence electrons. The molecule has 1 heterocycles. The Morgan fingerprint density at radius 2 is 1.97 bits per heavy atom. The van der Waals surface area contributed by atoms with E-state index in [4.69, 9.17) is 4.84 Å². The highest BCUT2D eigenvalue weighted by molar-refractivity contribution is 5.89. The molecule has 2 aromatic rings. The zero-order valence-electron chi connectivity index (χ0n) is 16.7. The summed E-state index contributed by atoms with van der Waals surface area (Å²) in [5.41, 5.74) is 4.61. The summed E-state index contributed by atoms with van der Waals surface area (Å²) in [5, 5.41) is 20.6. The lowest BCUT2D eigenvalue weighted by Gasteiger charge is -2.29. The van der Waals surface area contributed by atoms with Gasteiger partial charge in [-0.15, -0.1) is 0 Å². The number of halogens is 1. The molecule has 0 saturated carbocycles. The van der Waals surface area contributed by atoms with Crippen LogP contribution in [0.15, 0.2) is 48.5 Å². The number of hydrogen-bond donors (Lipinski definition) is 4. The first-order chi connectivity index (χ1) is 14.6. The Bertz CT molecular complexity index is 979. The van der Waals surface area contributed by atoms with E-state index in [0.29, 0.717) is 11.1 Å². The van der Waals surface area contributed by atoms with Crippen molar-refractivity contribution in [3.63, 3.8) is 0 Å². The van der Waals surface area contributed by atoms with Crippen LogP contribution in [-0.4, -0.2) is 51.3 Å². The van der Waals surface area contributed by atoms with Crippen molar-refractivity contribution in [2.24, 2.45) is 0 Å². The summed E-state index contributed by atoms with van der Waals surface area (Å²) in [5.74, 6) is -2.91. The topological polar surface area (TPSA) is 128 Å². The van der Waals surface area contributed by atoms with Crippen LogP contribution in [0.2, 0.25) is 0 Å². The number of aliphatic carboxylic acids is 1. The fraction of sp³-hybridized carbons (Fsp3) is 0.286. The van der Waals surface area contributed by atoms with E-state index >= 15 is 0 Å². The normalized spacial score (nSPS) is 17.8. The van der Waals surface area contributed by atoms with E-state index in [2.05, 4.69) is 10.9 Å². The first-order valence-corrected chi connectivity index (χ1v) is 9.44. The Balaban J connectivity index is 1.74. The van der Waals surface area contributed by atoms with Crippen molar-refractivity contribution < 1.29 is 33.8 Å². The molecule has 1 fully saturated rings.